The van der Waals surface area contributed by atoms with Crippen molar-refractivity contribution in [1.82, 2.24) is 10.6 Å². The molecule has 0 bridgehead atoms. The molecule has 1 saturated carbocycles. The Kier molecular flexibility index (Phi) is 8.89. The van der Waals surface area contributed by atoms with Crippen LogP contribution in [0.25, 0.3) is 0 Å². The zero-order chi connectivity index (χ0) is 13.9. The van der Waals surface area contributed by atoms with Gasteiger partial charge in [0, 0.05) is 12.6 Å². The molecule has 0 aromatic carbocycles. The predicted molar refractivity (Wildman–Crippen MR) is 81.2 cm³/mol. The van der Waals surface area contributed by atoms with E-state index in [4.69, 9.17) is 0 Å². The topological polar surface area (TPSA) is 41.1 Å². The summed E-state index contributed by atoms with van der Waals surface area (Å²) in [5.41, 5.74) is 0. The summed E-state index contributed by atoms with van der Waals surface area (Å²) >= 11 is 0. The molecule has 112 valence electrons. The molecule has 1 rings (SSSR count). The van der Waals surface area contributed by atoms with Gasteiger partial charge in [0.15, 0.2) is 0 Å². The highest BCUT2D eigenvalue weighted by atomic mass is 16.2. The Morgan fingerprint density at radius 3 is 2.37 bits per heavy atom. The molecule has 1 aliphatic rings. The standard InChI is InChI=1S/C16H32N2O/c1-3-4-10-13-17-16(19)14(2)18-15-11-8-6-5-7-9-12-15/h14-15,18H,3-13H2,1-2H3,(H,17,19). The average Bonchev–Trinajstić information content (AvgIpc) is 2.37. The molecule has 0 aliphatic heterocycles. The summed E-state index contributed by atoms with van der Waals surface area (Å²) in [5.74, 6) is 0.165. The van der Waals surface area contributed by atoms with Gasteiger partial charge in [-0.3, -0.25) is 4.79 Å². The molecule has 0 spiro atoms. The number of nitrogens with one attached hydrogen (secondary N) is 2. The van der Waals surface area contributed by atoms with Crippen LogP contribution in [0.4, 0.5) is 0 Å². The van der Waals surface area contributed by atoms with Crippen molar-refractivity contribution in [3.05, 3.63) is 0 Å². The van der Waals surface area contributed by atoms with E-state index in [0.29, 0.717) is 6.04 Å². The van der Waals surface area contributed by atoms with E-state index >= 15 is 0 Å². The van der Waals surface area contributed by atoms with Crippen molar-refractivity contribution in [2.45, 2.75) is 90.1 Å². The molecule has 1 aliphatic carbocycles. The van der Waals surface area contributed by atoms with Crippen molar-refractivity contribution in [2.75, 3.05) is 6.54 Å². The van der Waals surface area contributed by atoms with Crippen molar-refractivity contribution < 1.29 is 4.79 Å². The summed E-state index contributed by atoms with van der Waals surface area (Å²) in [6.07, 6.45) is 12.7. The fourth-order valence-corrected chi connectivity index (χ4v) is 2.79. The van der Waals surface area contributed by atoms with Crippen LogP contribution in [-0.4, -0.2) is 24.5 Å². The molecule has 0 aromatic heterocycles. The third-order valence-electron chi connectivity index (χ3n) is 4.06. The summed E-state index contributed by atoms with van der Waals surface area (Å²) < 4.78 is 0. The molecule has 19 heavy (non-hydrogen) atoms. The molecule has 1 fully saturated rings. The van der Waals surface area contributed by atoms with E-state index in [1.54, 1.807) is 0 Å². The molecule has 0 radical (unpaired) electrons. The lowest BCUT2D eigenvalue weighted by Crippen LogP contribution is -2.47. The number of hydrogen-bond acceptors (Lipinski definition) is 2. The van der Waals surface area contributed by atoms with Crippen LogP contribution in [-0.2, 0) is 4.79 Å². The molecule has 1 atom stereocenters. The minimum absolute atomic E-state index is 0.0500. The van der Waals surface area contributed by atoms with Gasteiger partial charge in [-0.15, -0.1) is 0 Å². The molecule has 2 N–H and O–H groups in total. The van der Waals surface area contributed by atoms with Crippen molar-refractivity contribution in [1.29, 1.82) is 0 Å². The van der Waals surface area contributed by atoms with Gasteiger partial charge < -0.3 is 10.6 Å². The lowest BCUT2D eigenvalue weighted by Gasteiger charge is -2.24. The minimum Gasteiger partial charge on any atom is -0.355 e. The summed E-state index contributed by atoms with van der Waals surface area (Å²) in [7, 11) is 0. The van der Waals surface area contributed by atoms with E-state index in [1.165, 1.54) is 57.8 Å². The molecule has 0 heterocycles. The molecule has 0 aromatic rings. The highest BCUT2D eigenvalue weighted by Gasteiger charge is 2.18. The van der Waals surface area contributed by atoms with Crippen LogP contribution in [0.3, 0.4) is 0 Å². The van der Waals surface area contributed by atoms with E-state index in [-0.39, 0.29) is 11.9 Å². The number of unbranched alkanes of at least 4 members (excludes halogenated alkanes) is 2. The Balaban J connectivity index is 2.19. The fraction of sp³-hybridized carbons (Fsp3) is 0.938. The van der Waals surface area contributed by atoms with E-state index in [0.717, 1.165) is 13.0 Å². The van der Waals surface area contributed by atoms with Crippen LogP contribution in [0.2, 0.25) is 0 Å². The fourth-order valence-electron chi connectivity index (χ4n) is 2.79. The quantitative estimate of drug-likeness (QED) is 0.695. The first-order valence-corrected chi connectivity index (χ1v) is 8.27. The maximum absolute atomic E-state index is 12.0. The van der Waals surface area contributed by atoms with E-state index in [2.05, 4.69) is 17.6 Å². The van der Waals surface area contributed by atoms with Gasteiger partial charge in [0.2, 0.25) is 5.91 Å². The number of hydrogen-bond donors (Lipinski definition) is 2. The van der Waals surface area contributed by atoms with Gasteiger partial charge >= 0.3 is 0 Å². The van der Waals surface area contributed by atoms with Crippen LogP contribution >= 0.6 is 0 Å². The summed E-state index contributed by atoms with van der Waals surface area (Å²) in [5, 5.41) is 6.55. The van der Waals surface area contributed by atoms with E-state index in [9.17, 15) is 4.79 Å². The normalized spacial score (nSPS) is 19.5. The Labute approximate surface area is 118 Å². The monoisotopic (exact) mass is 268 g/mol. The van der Waals surface area contributed by atoms with Crippen LogP contribution in [0.1, 0.15) is 78.1 Å². The van der Waals surface area contributed by atoms with Crippen LogP contribution in [0, 0.1) is 0 Å². The maximum Gasteiger partial charge on any atom is 0.236 e. The van der Waals surface area contributed by atoms with E-state index < -0.39 is 0 Å². The van der Waals surface area contributed by atoms with Gasteiger partial charge in [-0.05, 0) is 26.2 Å². The Morgan fingerprint density at radius 2 is 1.74 bits per heavy atom. The summed E-state index contributed by atoms with van der Waals surface area (Å²) in [6, 6.07) is 0.489. The van der Waals surface area contributed by atoms with Crippen LogP contribution < -0.4 is 10.6 Å². The second kappa shape index (κ2) is 10.2. The lowest BCUT2D eigenvalue weighted by molar-refractivity contribution is -0.123. The molecular weight excluding hydrogens is 236 g/mol. The Bertz CT molecular complexity index is 235. The SMILES string of the molecule is CCCCCNC(=O)C(C)NC1CCCCCCC1. The lowest BCUT2D eigenvalue weighted by atomic mass is 9.96. The first-order valence-electron chi connectivity index (χ1n) is 8.27. The zero-order valence-corrected chi connectivity index (χ0v) is 12.8. The second-order valence-electron chi connectivity index (χ2n) is 5.93. The molecule has 1 amide bonds. The van der Waals surface area contributed by atoms with Gasteiger partial charge in [0.05, 0.1) is 6.04 Å². The van der Waals surface area contributed by atoms with Gasteiger partial charge in [0.1, 0.15) is 0 Å². The Morgan fingerprint density at radius 1 is 1.11 bits per heavy atom. The second-order valence-corrected chi connectivity index (χ2v) is 5.93. The smallest absolute Gasteiger partial charge is 0.236 e. The van der Waals surface area contributed by atoms with Crippen molar-refractivity contribution in [3.63, 3.8) is 0 Å². The molecular formula is C16H32N2O. The Hall–Kier alpha value is -0.570. The van der Waals surface area contributed by atoms with Gasteiger partial charge in [-0.25, -0.2) is 0 Å². The molecule has 0 saturated heterocycles. The first kappa shape index (κ1) is 16.5. The molecule has 3 nitrogen and oxygen atoms in total. The van der Waals surface area contributed by atoms with Gasteiger partial charge in [0.25, 0.3) is 0 Å². The molecule has 1 unspecified atom stereocenters. The molecule has 3 heteroatoms. The first-order chi connectivity index (χ1) is 9.24. The van der Waals surface area contributed by atoms with Gasteiger partial charge in [-0.2, -0.15) is 0 Å². The minimum atomic E-state index is -0.0500. The number of amides is 1. The third kappa shape index (κ3) is 7.56. The number of rotatable bonds is 7. The van der Waals surface area contributed by atoms with Crippen LogP contribution in [0.15, 0.2) is 0 Å². The summed E-state index contributed by atoms with van der Waals surface area (Å²) in [4.78, 5) is 12.0. The highest BCUT2D eigenvalue weighted by molar-refractivity contribution is 5.81. The van der Waals surface area contributed by atoms with Crippen molar-refractivity contribution in [2.24, 2.45) is 0 Å². The predicted octanol–water partition coefficient (Wildman–Crippen LogP) is 3.38. The summed E-state index contributed by atoms with van der Waals surface area (Å²) in [6.45, 7) is 5.00. The van der Waals surface area contributed by atoms with Crippen molar-refractivity contribution >= 4 is 5.91 Å². The number of carbonyl (C=O) groups excluding carboxylic acids is 1. The average molecular weight is 268 g/mol. The highest BCUT2D eigenvalue weighted by Crippen LogP contribution is 2.17. The van der Waals surface area contributed by atoms with Crippen LogP contribution in [0.5, 0.6) is 0 Å². The maximum atomic E-state index is 12.0. The zero-order valence-electron chi connectivity index (χ0n) is 12.8. The van der Waals surface area contributed by atoms with Gasteiger partial charge in [-0.1, -0.05) is 51.9 Å². The number of carbonyl (C=O) groups is 1. The van der Waals surface area contributed by atoms with Crippen molar-refractivity contribution in [3.8, 4) is 0 Å². The third-order valence-corrected chi connectivity index (χ3v) is 4.06. The van der Waals surface area contributed by atoms with E-state index in [1.807, 2.05) is 6.92 Å². The largest absolute Gasteiger partial charge is 0.355 e.